The van der Waals surface area contributed by atoms with Crippen molar-refractivity contribution in [3.63, 3.8) is 0 Å². The molecule has 0 atom stereocenters. The lowest BCUT2D eigenvalue weighted by atomic mass is 10.4. The fourth-order valence-electron chi connectivity index (χ4n) is 0.533. The number of hydrogen-bond acceptors (Lipinski definition) is 3. The summed E-state index contributed by atoms with van der Waals surface area (Å²) in [7, 11) is -2.78. The van der Waals surface area contributed by atoms with Gasteiger partial charge in [-0.05, 0) is 0 Å². The zero-order valence-corrected chi connectivity index (χ0v) is 7.53. The van der Waals surface area contributed by atoms with Crippen molar-refractivity contribution in [3.8, 4) is 0 Å². The minimum atomic E-state index is -2.78. The molecule has 0 spiro atoms. The Kier molecular flexibility index (Phi) is 3.89. The molecular weight excluding hydrogens is 150 g/mol. The van der Waals surface area contributed by atoms with Crippen LogP contribution in [0.4, 0.5) is 0 Å². The van der Waals surface area contributed by atoms with E-state index in [0.717, 1.165) is 0 Å². The van der Waals surface area contributed by atoms with Gasteiger partial charge in [0.15, 0.2) is 0 Å². The van der Waals surface area contributed by atoms with Crippen LogP contribution >= 0.6 is 0 Å². The number of nitrogens with one attached hydrogen (secondary N) is 1. The van der Waals surface area contributed by atoms with E-state index in [2.05, 4.69) is 5.32 Å². The third kappa shape index (κ3) is 7.91. The maximum Gasteiger partial charge on any atom is 0.148 e. The third-order valence-corrected chi connectivity index (χ3v) is 1.97. The normalized spacial score (nSPS) is 12.4. The zero-order valence-electron chi connectivity index (χ0n) is 6.72. The molecule has 62 valence electrons. The highest BCUT2D eigenvalue weighted by atomic mass is 32.2. The molecule has 0 saturated carbocycles. The summed E-state index contributed by atoms with van der Waals surface area (Å²) in [5.41, 5.74) is 0. The molecule has 0 heterocycles. The molecule has 10 heavy (non-hydrogen) atoms. The van der Waals surface area contributed by atoms with Crippen molar-refractivity contribution >= 4 is 9.84 Å². The van der Waals surface area contributed by atoms with Gasteiger partial charge in [0.05, 0.1) is 5.75 Å². The summed E-state index contributed by atoms with van der Waals surface area (Å²) in [6, 6.07) is 0.363. The van der Waals surface area contributed by atoms with Crippen molar-refractivity contribution < 1.29 is 8.42 Å². The maximum atomic E-state index is 10.6. The van der Waals surface area contributed by atoms with E-state index in [-0.39, 0.29) is 5.75 Å². The van der Waals surface area contributed by atoms with Crippen LogP contribution in [0.3, 0.4) is 0 Å². The molecule has 0 aliphatic rings. The lowest BCUT2D eigenvalue weighted by molar-refractivity contribution is 0.582. The maximum absolute atomic E-state index is 10.6. The van der Waals surface area contributed by atoms with E-state index in [0.29, 0.717) is 12.6 Å². The highest BCUT2D eigenvalue weighted by Crippen LogP contribution is 1.81. The molecule has 4 heteroatoms. The Balaban J connectivity index is 3.39. The summed E-state index contributed by atoms with van der Waals surface area (Å²) >= 11 is 0. The van der Waals surface area contributed by atoms with Gasteiger partial charge in [-0.15, -0.1) is 0 Å². The first-order valence-corrected chi connectivity index (χ1v) is 5.39. The Hall–Kier alpha value is -0.0900. The van der Waals surface area contributed by atoms with E-state index in [9.17, 15) is 8.42 Å². The monoisotopic (exact) mass is 165 g/mol. The van der Waals surface area contributed by atoms with Gasteiger partial charge in [-0.1, -0.05) is 13.8 Å². The van der Waals surface area contributed by atoms with E-state index in [1.54, 1.807) is 0 Å². The minimum Gasteiger partial charge on any atom is -0.314 e. The average molecular weight is 165 g/mol. The highest BCUT2D eigenvalue weighted by molar-refractivity contribution is 7.90. The summed E-state index contributed by atoms with van der Waals surface area (Å²) in [5, 5.41) is 3.02. The lowest BCUT2D eigenvalue weighted by Crippen LogP contribution is -2.28. The van der Waals surface area contributed by atoms with Crippen LogP contribution in [-0.4, -0.2) is 33.0 Å². The molecule has 0 fully saturated rings. The van der Waals surface area contributed by atoms with Crippen molar-refractivity contribution in [2.45, 2.75) is 19.9 Å². The molecule has 0 bridgehead atoms. The van der Waals surface area contributed by atoms with Crippen LogP contribution in [0, 0.1) is 0 Å². The summed E-state index contributed by atoms with van der Waals surface area (Å²) in [6.07, 6.45) is 1.25. The minimum absolute atomic E-state index is 0.227. The first kappa shape index (κ1) is 9.91. The van der Waals surface area contributed by atoms with Crippen molar-refractivity contribution in [1.82, 2.24) is 5.32 Å². The Labute approximate surface area is 62.7 Å². The van der Waals surface area contributed by atoms with Crippen LogP contribution in [0.2, 0.25) is 0 Å². The zero-order chi connectivity index (χ0) is 8.20. The van der Waals surface area contributed by atoms with Gasteiger partial charge in [-0.2, -0.15) is 0 Å². The second-order valence-electron chi connectivity index (χ2n) is 2.74. The van der Waals surface area contributed by atoms with Gasteiger partial charge in [-0.3, -0.25) is 0 Å². The molecule has 0 rings (SSSR count). The Morgan fingerprint density at radius 2 is 1.90 bits per heavy atom. The van der Waals surface area contributed by atoms with Crippen LogP contribution in [0.5, 0.6) is 0 Å². The molecule has 0 radical (unpaired) electrons. The predicted molar refractivity (Wildman–Crippen MR) is 42.8 cm³/mol. The van der Waals surface area contributed by atoms with Crippen molar-refractivity contribution in [2.24, 2.45) is 0 Å². The Morgan fingerprint density at radius 1 is 1.40 bits per heavy atom. The fourth-order valence-corrected chi connectivity index (χ4v) is 1.02. The van der Waals surface area contributed by atoms with Crippen molar-refractivity contribution in [2.75, 3.05) is 18.6 Å². The number of rotatable bonds is 4. The summed E-state index contributed by atoms with van der Waals surface area (Å²) in [6.45, 7) is 4.53. The molecular formula is C6H15NO2S. The Bertz CT molecular complexity index is 172. The molecule has 0 saturated heterocycles. The van der Waals surface area contributed by atoms with Crippen LogP contribution in [0.15, 0.2) is 0 Å². The lowest BCUT2D eigenvalue weighted by Gasteiger charge is -2.05. The van der Waals surface area contributed by atoms with Crippen LogP contribution in [-0.2, 0) is 9.84 Å². The van der Waals surface area contributed by atoms with Gasteiger partial charge in [-0.25, -0.2) is 8.42 Å². The van der Waals surface area contributed by atoms with Gasteiger partial charge in [0.2, 0.25) is 0 Å². The first-order chi connectivity index (χ1) is 4.42. The quantitative estimate of drug-likeness (QED) is 0.639. The molecule has 1 N–H and O–H groups in total. The van der Waals surface area contributed by atoms with Gasteiger partial charge >= 0.3 is 0 Å². The molecule has 3 nitrogen and oxygen atoms in total. The third-order valence-electron chi connectivity index (χ3n) is 1.03. The largest absolute Gasteiger partial charge is 0.314 e. The highest BCUT2D eigenvalue weighted by Gasteiger charge is 2.00. The SMILES string of the molecule is CC(C)NCCS(C)(=O)=O. The average Bonchev–Trinajstić information content (AvgIpc) is 1.59. The van der Waals surface area contributed by atoms with E-state index in [4.69, 9.17) is 0 Å². The summed E-state index contributed by atoms with van der Waals surface area (Å²) < 4.78 is 21.1. The molecule has 0 amide bonds. The number of hydrogen-bond donors (Lipinski definition) is 1. The molecule has 0 aliphatic carbocycles. The van der Waals surface area contributed by atoms with Crippen molar-refractivity contribution in [1.29, 1.82) is 0 Å². The standard InChI is InChI=1S/C6H15NO2S/c1-6(2)7-4-5-10(3,8)9/h6-7H,4-5H2,1-3H3. The van der Waals surface area contributed by atoms with E-state index < -0.39 is 9.84 Å². The molecule has 0 aromatic carbocycles. The molecule has 0 aliphatic heterocycles. The van der Waals surface area contributed by atoms with Crippen LogP contribution in [0.1, 0.15) is 13.8 Å². The second kappa shape index (κ2) is 3.93. The Morgan fingerprint density at radius 3 is 2.20 bits per heavy atom. The fraction of sp³-hybridized carbons (Fsp3) is 1.00. The van der Waals surface area contributed by atoms with Gasteiger partial charge < -0.3 is 5.32 Å². The van der Waals surface area contributed by atoms with E-state index in [1.807, 2.05) is 13.8 Å². The van der Waals surface area contributed by atoms with Crippen LogP contribution in [0.25, 0.3) is 0 Å². The predicted octanol–water partition coefficient (Wildman–Crippen LogP) is 0.0290. The van der Waals surface area contributed by atoms with Gasteiger partial charge in [0.1, 0.15) is 9.84 Å². The van der Waals surface area contributed by atoms with Crippen molar-refractivity contribution in [3.05, 3.63) is 0 Å². The molecule has 0 aromatic heterocycles. The second-order valence-corrected chi connectivity index (χ2v) is 5.00. The first-order valence-electron chi connectivity index (χ1n) is 3.33. The van der Waals surface area contributed by atoms with Gasteiger partial charge in [0.25, 0.3) is 0 Å². The summed E-state index contributed by atoms with van der Waals surface area (Å²) in [5.74, 6) is 0.227. The topological polar surface area (TPSA) is 46.2 Å². The van der Waals surface area contributed by atoms with E-state index in [1.165, 1.54) is 6.26 Å². The van der Waals surface area contributed by atoms with Crippen LogP contribution < -0.4 is 5.32 Å². The summed E-state index contributed by atoms with van der Waals surface area (Å²) in [4.78, 5) is 0. The van der Waals surface area contributed by atoms with Gasteiger partial charge in [0, 0.05) is 18.8 Å². The number of sulfone groups is 1. The smallest absolute Gasteiger partial charge is 0.148 e. The van der Waals surface area contributed by atoms with E-state index >= 15 is 0 Å². The molecule has 0 unspecified atom stereocenters. The molecule has 0 aromatic rings.